The minimum atomic E-state index is -3.44. The van der Waals surface area contributed by atoms with Gasteiger partial charge in [-0.2, -0.15) is 10.2 Å². The third kappa shape index (κ3) is 8.75. The Morgan fingerprint density at radius 1 is 1.23 bits per heavy atom. The first-order chi connectivity index (χ1) is 20.6. The van der Waals surface area contributed by atoms with E-state index in [9.17, 15) is 10.1 Å². The van der Waals surface area contributed by atoms with Crippen LogP contribution >= 0.6 is 0 Å². The van der Waals surface area contributed by atoms with E-state index in [-0.39, 0.29) is 24.7 Å². The highest BCUT2D eigenvalue weighted by Gasteiger charge is 2.50. The number of allylic oxidation sites excluding steroid dienone is 2. The molecule has 0 radical (unpaired) electrons. The smallest absolute Gasteiger partial charge is 0.410 e. The first-order valence-corrected chi connectivity index (χ1v) is 14.5. The van der Waals surface area contributed by atoms with E-state index in [0.29, 0.717) is 17.6 Å². The molecule has 2 aliphatic heterocycles. The van der Waals surface area contributed by atoms with Crippen LogP contribution in [-0.4, -0.2) is 97.1 Å². The third-order valence-corrected chi connectivity index (χ3v) is 7.38. The summed E-state index contributed by atoms with van der Waals surface area (Å²) in [6, 6.07) is 5.72. The molecule has 3 heterocycles. The van der Waals surface area contributed by atoms with Crippen LogP contribution in [0.5, 0.6) is 5.88 Å². The van der Waals surface area contributed by atoms with Gasteiger partial charge in [0.1, 0.15) is 23.2 Å². The van der Waals surface area contributed by atoms with Crippen molar-refractivity contribution < 1.29 is 27.8 Å². The Hall–Kier alpha value is -4.05. The number of likely N-dealkylation sites (tertiary alicyclic amines) is 2. The van der Waals surface area contributed by atoms with E-state index >= 15 is 8.78 Å². The second kappa shape index (κ2) is 14.2. The van der Waals surface area contributed by atoms with Gasteiger partial charge in [0.05, 0.1) is 13.7 Å². The number of hydrogen-bond donors (Lipinski definition) is 1. The number of ether oxygens (including phenoxy) is 3. The minimum Gasteiger partial charge on any atom is -0.485 e. The van der Waals surface area contributed by atoms with Gasteiger partial charge in [-0.05, 0) is 91.5 Å². The highest BCUT2D eigenvalue weighted by molar-refractivity contribution is 5.96. The highest BCUT2D eigenvalue weighted by atomic mass is 19.3. The molecule has 3 rings (SSSR count). The van der Waals surface area contributed by atoms with Crippen molar-refractivity contribution >= 4 is 24.6 Å². The molecule has 0 aromatic carbocycles. The van der Waals surface area contributed by atoms with Crippen LogP contribution in [-0.2, 0) is 9.47 Å². The summed E-state index contributed by atoms with van der Waals surface area (Å²) < 4.78 is 47.1. The fourth-order valence-electron chi connectivity index (χ4n) is 5.00. The number of rotatable bonds is 8. The molecule has 2 aliphatic rings. The molecule has 11 nitrogen and oxygen atoms in total. The van der Waals surface area contributed by atoms with Crippen LogP contribution in [0.1, 0.15) is 58.4 Å². The average Bonchev–Trinajstić information content (AvgIpc) is 2.96. The molecule has 1 aromatic rings. The molecular weight excluding hydrogens is 572 g/mol. The number of methoxy groups -OCH3 is 1. The molecule has 2 saturated heterocycles. The van der Waals surface area contributed by atoms with Gasteiger partial charge < -0.3 is 29.3 Å². The van der Waals surface area contributed by atoms with Crippen molar-refractivity contribution in [2.45, 2.75) is 76.0 Å². The summed E-state index contributed by atoms with van der Waals surface area (Å²) in [4.78, 5) is 28.5. The highest BCUT2D eigenvalue weighted by Crippen LogP contribution is 2.36. The first kappa shape index (κ1) is 34.4. The predicted octanol–water partition coefficient (Wildman–Crippen LogP) is 5.38. The summed E-state index contributed by atoms with van der Waals surface area (Å²) in [5.41, 5.74) is -1.62. The number of piperidine rings is 2. The molecule has 0 spiro atoms. The number of aliphatic imine (C=N–C) groups is 2. The van der Waals surface area contributed by atoms with Crippen LogP contribution in [0, 0.1) is 11.3 Å². The van der Waals surface area contributed by atoms with E-state index in [2.05, 4.69) is 45.5 Å². The zero-order valence-electron chi connectivity index (χ0n) is 26.4. The zero-order chi connectivity index (χ0) is 32.7. The van der Waals surface area contributed by atoms with E-state index in [1.54, 1.807) is 33.9 Å². The van der Waals surface area contributed by atoms with Crippen LogP contribution in [0.2, 0.25) is 0 Å². The minimum absolute atomic E-state index is 0.0227. The molecule has 0 aliphatic carbocycles. The van der Waals surface area contributed by atoms with Gasteiger partial charge in [0.15, 0.2) is 6.10 Å². The number of halogens is 2. The van der Waals surface area contributed by atoms with E-state index in [0.717, 1.165) is 36.4 Å². The summed E-state index contributed by atoms with van der Waals surface area (Å²) in [6.45, 7) is 14.6. The van der Waals surface area contributed by atoms with E-state index in [4.69, 9.17) is 14.2 Å². The van der Waals surface area contributed by atoms with Crippen LogP contribution in [0.3, 0.4) is 0 Å². The number of aromatic nitrogens is 1. The van der Waals surface area contributed by atoms with Crippen LogP contribution < -0.4 is 10.1 Å². The van der Waals surface area contributed by atoms with Crippen molar-refractivity contribution in [3.8, 4) is 11.9 Å². The standard InChI is InChI=1S/C31H43F2N7O4/c1-9-10-23(43-24-15-18-40(20-31(24,32)33)28(41)44-29(2,3)4)30(5,19-34)38-27(35-6)37-25-12-11-22(26(36-25)42-8)21-13-16-39(7)17-14-21/h9-12,21,24H,1,6,13-18,20H2,2-5,7-8H3,(H,36,37,38)/b23-10+. The summed E-state index contributed by atoms with van der Waals surface area (Å²) in [6.07, 6.45) is 1.92. The molecule has 1 N–H and O–H groups in total. The molecule has 44 heavy (non-hydrogen) atoms. The van der Waals surface area contributed by atoms with Crippen molar-refractivity contribution in [1.82, 2.24) is 14.8 Å². The quantitative estimate of drug-likeness (QED) is 0.179. The number of nitriles is 1. The Morgan fingerprint density at radius 3 is 2.45 bits per heavy atom. The normalized spacial score (nSPS) is 21.4. The molecule has 2 fully saturated rings. The maximum atomic E-state index is 15.3. The molecule has 240 valence electrons. The third-order valence-electron chi connectivity index (χ3n) is 7.38. The summed E-state index contributed by atoms with van der Waals surface area (Å²) >= 11 is 0. The summed E-state index contributed by atoms with van der Waals surface area (Å²) in [5, 5.41) is 13.1. The predicted molar refractivity (Wildman–Crippen MR) is 165 cm³/mol. The van der Waals surface area contributed by atoms with Crippen LogP contribution in [0.25, 0.3) is 0 Å². The Labute approximate surface area is 258 Å². The first-order valence-electron chi connectivity index (χ1n) is 14.5. The number of anilines is 1. The van der Waals surface area contributed by atoms with Gasteiger partial charge in [0, 0.05) is 18.5 Å². The molecule has 1 amide bonds. The lowest BCUT2D eigenvalue weighted by atomic mass is 9.90. The van der Waals surface area contributed by atoms with Gasteiger partial charge >= 0.3 is 12.0 Å². The fraction of sp³-hybridized carbons (Fsp3) is 0.581. The molecule has 0 saturated carbocycles. The number of pyridine rings is 1. The van der Waals surface area contributed by atoms with Gasteiger partial charge in [0.2, 0.25) is 17.4 Å². The summed E-state index contributed by atoms with van der Waals surface area (Å²) in [7, 11) is 3.65. The number of nitrogens with zero attached hydrogens (tertiary/aromatic N) is 6. The second-order valence-corrected chi connectivity index (χ2v) is 12.1. The zero-order valence-corrected chi connectivity index (χ0v) is 26.4. The number of nitrogens with one attached hydrogen (secondary N) is 1. The van der Waals surface area contributed by atoms with Crippen LogP contribution in [0.4, 0.5) is 19.4 Å². The van der Waals surface area contributed by atoms with Crippen molar-refractivity contribution in [3.05, 3.63) is 42.2 Å². The molecule has 0 bridgehead atoms. The lowest BCUT2D eigenvalue weighted by Crippen LogP contribution is -2.55. The monoisotopic (exact) mass is 615 g/mol. The maximum Gasteiger partial charge on any atom is 0.410 e. The van der Waals surface area contributed by atoms with E-state index in [1.165, 1.54) is 19.1 Å². The number of carbonyl (C=O) groups is 1. The number of amides is 1. The Morgan fingerprint density at radius 2 is 1.91 bits per heavy atom. The Bertz CT molecular complexity index is 1310. The Kier molecular flexibility index (Phi) is 11.1. The SMILES string of the molecule is C=C/C=C(/OC1CCN(C(=O)OC(C)(C)C)CC1(F)F)C(C)(C#N)N=C(N=C)Nc1ccc(C2CCN(C)CC2)c(OC)n1. The van der Waals surface area contributed by atoms with Crippen molar-refractivity contribution in [3.63, 3.8) is 0 Å². The van der Waals surface area contributed by atoms with E-state index < -0.39 is 35.8 Å². The number of carbonyl (C=O) groups excluding carboxylic acids is 1. The topological polar surface area (TPSA) is 125 Å². The molecule has 13 heteroatoms. The van der Waals surface area contributed by atoms with E-state index in [1.807, 2.05) is 12.1 Å². The number of hydrogen-bond acceptors (Lipinski definition) is 8. The fourth-order valence-corrected chi connectivity index (χ4v) is 5.00. The number of guanidine groups is 1. The van der Waals surface area contributed by atoms with Crippen LogP contribution in [0.15, 0.2) is 46.6 Å². The lowest BCUT2D eigenvalue weighted by Gasteiger charge is -2.39. The van der Waals surface area contributed by atoms with Crippen molar-refractivity contribution in [2.24, 2.45) is 9.98 Å². The van der Waals surface area contributed by atoms with Gasteiger partial charge in [-0.15, -0.1) is 0 Å². The average molecular weight is 616 g/mol. The largest absolute Gasteiger partial charge is 0.485 e. The van der Waals surface area contributed by atoms with Crippen molar-refractivity contribution in [2.75, 3.05) is 45.7 Å². The van der Waals surface area contributed by atoms with Gasteiger partial charge in [-0.25, -0.2) is 23.6 Å². The molecule has 2 unspecified atom stereocenters. The van der Waals surface area contributed by atoms with Crippen molar-refractivity contribution in [1.29, 1.82) is 5.26 Å². The molecule has 1 aromatic heterocycles. The van der Waals surface area contributed by atoms with Gasteiger partial charge in [-0.1, -0.05) is 12.7 Å². The van der Waals surface area contributed by atoms with Gasteiger partial charge in [0.25, 0.3) is 0 Å². The maximum absolute atomic E-state index is 15.3. The number of alkyl halides is 2. The molecular formula is C31H43F2N7O4. The van der Waals surface area contributed by atoms with Gasteiger partial charge in [-0.3, -0.25) is 0 Å². The second-order valence-electron chi connectivity index (χ2n) is 12.1. The lowest BCUT2D eigenvalue weighted by molar-refractivity contribution is -0.158. The summed E-state index contributed by atoms with van der Waals surface area (Å²) in [5.74, 6) is -2.57. The Balaban J connectivity index is 1.80. The molecule has 2 atom stereocenters.